The highest BCUT2D eigenvalue weighted by Gasteiger charge is 2.20. The maximum atomic E-state index is 12.3. The van der Waals surface area contributed by atoms with Gasteiger partial charge >= 0.3 is 12.0 Å². The SMILES string of the molecule is C=CCNC(=O)NC(=O)COC(=O)c1cc2c(C)nn(-c3ccccc3Cl)c2s1. The van der Waals surface area contributed by atoms with E-state index in [1.165, 1.54) is 17.4 Å². The first-order valence-corrected chi connectivity index (χ1v) is 9.70. The number of imide groups is 1. The molecule has 3 amide bonds. The molecule has 0 fully saturated rings. The van der Waals surface area contributed by atoms with Gasteiger partial charge in [-0.05, 0) is 25.1 Å². The molecule has 0 atom stereocenters. The van der Waals surface area contributed by atoms with E-state index < -0.39 is 24.5 Å². The van der Waals surface area contributed by atoms with Crippen LogP contribution < -0.4 is 10.6 Å². The molecular formula is C19H17ClN4O4S. The van der Waals surface area contributed by atoms with Gasteiger partial charge in [-0.15, -0.1) is 17.9 Å². The second-order valence-corrected chi connectivity index (χ2v) is 7.34. The third-order valence-corrected chi connectivity index (χ3v) is 5.23. The Morgan fingerprint density at radius 1 is 1.34 bits per heavy atom. The van der Waals surface area contributed by atoms with Crippen molar-refractivity contribution in [1.29, 1.82) is 0 Å². The first-order chi connectivity index (χ1) is 13.9. The number of nitrogens with one attached hydrogen (secondary N) is 2. The summed E-state index contributed by atoms with van der Waals surface area (Å²) in [6.45, 7) is 4.90. The van der Waals surface area contributed by atoms with E-state index in [4.69, 9.17) is 16.3 Å². The molecule has 0 unspecified atom stereocenters. The quantitative estimate of drug-likeness (QED) is 0.460. The number of halogens is 1. The number of aromatic nitrogens is 2. The van der Waals surface area contributed by atoms with Crippen LogP contribution in [0.25, 0.3) is 15.9 Å². The van der Waals surface area contributed by atoms with Crippen LogP contribution in [0.5, 0.6) is 0 Å². The fraction of sp³-hybridized carbons (Fsp3) is 0.158. The number of fused-ring (bicyclic) bond motifs is 1. The molecule has 150 valence electrons. The molecule has 2 heterocycles. The molecule has 2 aromatic heterocycles. The minimum atomic E-state index is -0.737. The minimum absolute atomic E-state index is 0.211. The molecule has 2 N–H and O–H groups in total. The lowest BCUT2D eigenvalue weighted by molar-refractivity contribution is -0.123. The number of urea groups is 1. The van der Waals surface area contributed by atoms with Crippen LogP contribution in [-0.4, -0.2) is 40.8 Å². The van der Waals surface area contributed by atoms with Gasteiger partial charge < -0.3 is 10.1 Å². The first kappa shape index (κ1) is 20.6. The molecule has 29 heavy (non-hydrogen) atoms. The highest BCUT2D eigenvalue weighted by Crippen LogP contribution is 2.32. The fourth-order valence-electron chi connectivity index (χ4n) is 2.51. The molecule has 0 spiro atoms. The number of carbonyl (C=O) groups is 3. The van der Waals surface area contributed by atoms with Crippen LogP contribution in [0.1, 0.15) is 15.4 Å². The van der Waals surface area contributed by atoms with E-state index in [0.717, 1.165) is 15.9 Å². The van der Waals surface area contributed by atoms with Crippen molar-refractivity contribution < 1.29 is 19.1 Å². The normalized spacial score (nSPS) is 10.6. The number of carbonyl (C=O) groups excluding carboxylic acids is 3. The van der Waals surface area contributed by atoms with Crippen molar-refractivity contribution in [3.8, 4) is 5.69 Å². The van der Waals surface area contributed by atoms with Gasteiger partial charge in [-0.3, -0.25) is 10.1 Å². The maximum absolute atomic E-state index is 12.3. The molecule has 0 aliphatic carbocycles. The predicted octanol–water partition coefficient (Wildman–Crippen LogP) is 3.22. The van der Waals surface area contributed by atoms with Gasteiger partial charge in [0.2, 0.25) is 0 Å². The lowest BCUT2D eigenvalue weighted by atomic mass is 10.3. The Kier molecular flexibility index (Phi) is 6.30. The smallest absolute Gasteiger partial charge is 0.348 e. The Bertz CT molecular complexity index is 1110. The summed E-state index contributed by atoms with van der Waals surface area (Å²) in [5, 5.41) is 10.2. The highest BCUT2D eigenvalue weighted by atomic mass is 35.5. The molecule has 0 radical (unpaired) electrons. The Morgan fingerprint density at radius 2 is 2.10 bits per heavy atom. The molecule has 0 saturated carbocycles. The van der Waals surface area contributed by atoms with E-state index >= 15 is 0 Å². The van der Waals surface area contributed by atoms with Crippen LogP contribution in [0.2, 0.25) is 5.02 Å². The van der Waals surface area contributed by atoms with Crippen molar-refractivity contribution in [3.63, 3.8) is 0 Å². The monoisotopic (exact) mass is 432 g/mol. The third-order valence-electron chi connectivity index (χ3n) is 3.82. The zero-order valence-electron chi connectivity index (χ0n) is 15.4. The fourth-order valence-corrected chi connectivity index (χ4v) is 3.79. The average molecular weight is 433 g/mol. The number of esters is 1. The summed E-state index contributed by atoms with van der Waals surface area (Å²) in [6.07, 6.45) is 1.47. The van der Waals surface area contributed by atoms with Gasteiger partial charge in [-0.1, -0.05) is 29.8 Å². The molecule has 3 aromatic rings. The van der Waals surface area contributed by atoms with E-state index in [2.05, 4.69) is 17.0 Å². The molecule has 1 aromatic carbocycles. The summed E-state index contributed by atoms with van der Waals surface area (Å²) in [5.41, 5.74) is 1.42. The number of rotatable bonds is 6. The second kappa shape index (κ2) is 8.89. The zero-order valence-corrected chi connectivity index (χ0v) is 17.0. The summed E-state index contributed by atoms with van der Waals surface area (Å²) in [6, 6.07) is 8.21. The molecule has 0 aliphatic rings. The summed E-state index contributed by atoms with van der Waals surface area (Å²) in [7, 11) is 0. The number of hydrogen-bond acceptors (Lipinski definition) is 6. The molecule has 8 nitrogen and oxygen atoms in total. The first-order valence-electron chi connectivity index (χ1n) is 8.50. The van der Waals surface area contributed by atoms with Gasteiger partial charge in [-0.2, -0.15) is 5.10 Å². The highest BCUT2D eigenvalue weighted by molar-refractivity contribution is 7.20. The third kappa shape index (κ3) is 4.64. The number of aryl methyl sites for hydroxylation is 1. The molecule has 0 bridgehead atoms. The maximum Gasteiger partial charge on any atom is 0.348 e. The van der Waals surface area contributed by atoms with Gasteiger partial charge in [0.1, 0.15) is 9.71 Å². The average Bonchev–Trinajstić information content (AvgIpc) is 3.26. The number of thiophene rings is 1. The number of ether oxygens (including phenoxy) is 1. The van der Waals surface area contributed by atoms with Crippen molar-refractivity contribution in [1.82, 2.24) is 20.4 Å². The molecule has 0 saturated heterocycles. The summed E-state index contributed by atoms with van der Waals surface area (Å²) >= 11 is 7.44. The number of para-hydroxylation sites is 1. The largest absolute Gasteiger partial charge is 0.451 e. The minimum Gasteiger partial charge on any atom is -0.451 e. The van der Waals surface area contributed by atoms with Crippen LogP contribution in [0.3, 0.4) is 0 Å². The number of nitrogens with zero attached hydrogens (tertiary/aromatic N) is 2. The Labute approximate surface area is 175 Å². The van der Waals surface area contributed by atoms with Gasteiger partial charge in [0.15, 0.2) is 6.61 Å². The summed E-state index contributed by atoms with van der Waals surface area (Å²) in [4.78, 5) is 36.5. The topological polar surface area (TPSA) is 102 Å². The molecule has 0 aliphatic heterocycles. The molecule has 10 heteroatoms. The van der Waals surface area contributed by atoms with Gasteiger partial charge in [0, 0.05) is 11.9 Å². The van der Waals surface area contributed by atoms with Crippen LogP contribution in [0, 0.1) is 6.92 Å². The summed E-state index contributed by atoms with van der Waals surface area (Å²) < 4.78 is 6.68. The van der Waals surface area contributed by atoms with Crippen molar-refractivity contribution in [2.75, 3.05) is 13.2 Å². The lowest BCUT2D eigenvalue weighted by Crippen LogP contribution is -2.41. The Balaban J connectivity index is 1.72. The standard InChI is InChI=1S/C19H17ClN4O4S/c1-3-8-21-19(27)22-16(25)10-28-18(26)15-9-12-11(2)23-24(17(12)29-15)14-7-5-4-6-13(14)20/h3-7,9H,1,8,10H2,2H3,(H2,21,22,25,27). The van der Waals surface area contributed by atoms with Crippen molar-refractivity contribution in [2.24, 2.45) is 0 Å². The van der Waals surface area contributed by atoms with Crippen molar-refractivity contribution >= 4 is 51.1 Å². The number of hydrogen-bond donors (Lipinski definition) is 2. The van der Waals surface area contributed by atoms with Crippen LogP contribution in [0.4, 0.5) is 4.79 Å². The van der Waals surface area contributed by atoms with Crippen molar-refractivity contribution in [2.45, 2.75) is 6.92 Å². The van der Waals surface area contributed by atoms with Gasteiger partial charge in [0.05, 0.1) is 16.4 Å². The van der Waals surface area contributed by atoms with Crippen molar-refractivity contribution in [3.05, 3.63) is 58.6 Å². The van der Waals surface area contributed by atoms with E-state index in [1.807, 2.05) is 30.4 Å². The predicted molar refractivity (Wildman–Crippen MR) is 111 cm³/mol. The molecular weight excluding hydrogens is 416 g/mol. The van der Waals surface area contributed by atoms with Crippen LogP contribution >= 0.6 is 22.9 Å². The van der Waals surface area contributed by atoms with Crippen LogP contribution in [0.15, 0.2) is 43.0 Å². The zero-order chi connectivity index (χ0) is 21.0. The molecule has 3 rings (SSSR count). The number of amides is 3. The van der Waals surface area contributed by atoms with E-state index in [1.54, 1.807) is 16.8 Å². The lowest BCUT2D eigenvalue weighted by Gasteiger charge is -2.05. The van der Waals surface area contributed by atoms with Gasteiger partial charge in [0.25, 0.3) is 5.91 Å². The summed E-state index contributed by atoms with van der Waals surface area (Å²) in [5.74, 6) is -1.41. The second-order valence-electron chi connectivity index (χ2n) is 5.90. The van der Waals surface area contributed by atoms with Gasteiger partial charge in [-0.25, -0.2) is 14.3 Å². The Hall–Kier alpha value is -3.17. The van der Waals surface area contributed by atoms with E-state index in [-0.39, 0.29) is 6.54 Å². The Morgan fingerprint density at radius 3 is 2.83 bits per heavy atom. The van der Waals surface area contributed by atoms with E-state index in [9.17, 15) is 14.4 Å². The van der Waals surface area contributed by atoms with E-state index in [0.29, 0.717) is 15.6 Å². The van der Waals surface area contributed by atoms with Crippen LogP contribution in [-0.2, 0) is 9.53 Å². The number of benzene rings is 1.